The highest BCUT2D eigenvalue weighted by molar-refractivity contribution is 7.91. The van der Waals surface area contributed by atoms with Gasteiger partial charge in [-0.3, -0.25) is 4.79 Å². The molecule has 2 heterocycles. The van der Waals surface area contributed by atoms with Crippen LogP contribution in [-0.2, 0) is 14.8 Å². The van der Waals surface area contributed by atoms with Crippen molar-refractivity contribution in [3.63, 3.8) is 0 Å². The van der Waals surface area contributed by atoms with E-state index in [-0.39, 0.29) is 11.9 Å². The Kier molecular flexibility index (Phi) is 3.36. The van der Waals surface area contributed by atoms with Crippen LogP contribution in [0.1, 0.15) is 25.7 Å². The lowest BCUT2D eigenvalue weighted by Gasteiger charge is -2.22. The second-order valence-corrected chi connectivity index (χ2v) is 8.05. The lowest BCUT2D eigenvalue weighted by molar-refractivity contribution is -0.124. The predicted molar refractivity (Wildman–Crippen MR) is 72.4 cm³/mol. The Bertz CT molecular complexity index is 564. The maximum absolute atomic E-state index is 12.5. The van der Waals surface area contributed by atoms with E-state index in [9.17, 15) is 13.2 Å². The van der Waals surface area contributed by atoms with Gasteiger partial charge in [-0.25, -0.2) is 8.42 Å². The zero-order valence-electron chi connectivity index (χ0n) is 10.4. The van der Waals surface area contributed by atoms with E-state index in [1.807, 2.05) is 0 Å². The van der Waals surface area contributed by atoms with E-state index < -0.39 is 16.1 Å². The van der Waals surface area contributed by atoms with Crippen LogP contribution in [0.25, 0.3) is 0 Å². The average Bonchev–Trinajstić information content (AvgIpc) is 2.92. The third-order valence-corrected chi connectivity index (χ3v) is 6.77. The molecule has 1 saturated heterocycles. The zero-order valence-corrected chi connectivity index (χ0v) is 12.0. The number of thiophene rings is 1. The topological polar surface area (TPSA) is 66.5 Å². The number of carbonyl (C=O) groups is 1. The number of nitrogens with zero attached hydrogens (tertiary/aromatic N) is 1. The van der Waals surface area contributed by atoms with Crippen molar-refractivity contribution in [2.75, 3.05) is 6.54 Å². The molecule has 1 aromatic rings. The molecule has 1 unspecified atom stereocenters. The first-order valence-corrected chi connectivity index (χ1v) is 8.77. The molecule has 0 radical (unpaired) electrons. The minimum Gasteiger partial charge on any atom is -0.352 e. The Balaban J connectivity index is 1.80. The number of hydrogen-bond donors (Lipinski definition) is 1. The highest BCUT2D eigenvalue weighted by atomic mass is 32.2. The number of rotatable bonds is 4. The maximum atomic E-state index is 12.5. The van der Waals surface area contributed by atoms with Gasteiger partial charge in [0.25, 0.3) is 10.0 Å². The lowest BCUT2D eigenvalue weighted by Crippen LogP contribution is -2.46. The molecule has 1 N–H and O–H groups in total. The van der Waals surface area contributed by atoms with Gasteiger partial charge in [-0.15, -0.1) is 11.3 Å². The van der Waals surface area contributed by atoms with E-state index in [0.29, 0.717) is 17.2 Å². The fraction of sp³-hybridized carbons (Fsp3) is 0.583. The summed E-state index contributed by atoms with van der Waals surface area (Å²) >= 11 is 1.20. The first kappa shape index (κ1) is 13.1. The van der Waals surface area contributed by atoms with Crippen molar-refractivity contribution in [3.8, 4) is 0 Å². The first-order valence-electron chi connectivity index (χ1n) is 6.45. The van der Waals surface area contributed by atoms with E-state index in [0.717, 1.165) is 19.3 Å². The number of hydrogen-bond acceptors (Lipinski definition) is 4. The molecule has 1 aliphatic carbocycles. The fourth-order valence-corrected chi connectivity index (χ4v) is 5.12. The van der Waals surface area contributed by atoms with Crippen LogP contribution in [0.2, 0.25) is 0 Å². The van der Waals surface area contributed by atoms with Gasteiger partial charge in [0.1, 0.15) is 10.3 Å². The van der Waals surface area contributed by atoms with E-state index in [2.05, 4.69) is 5.32 Å². The van der Waals surface area contributed by atoms with E-state index in [4.69, 9.17) is 0 Å². The summed E-state index contributed by atoms with van der Waals surface area (Å²) in [4.78, 5) is 12.1. The molecule has 0 bridgehead atoms. The first-order chi connectivity index (χ1) is 9.09. The summed E-state index contributed by atoms with van der Waals surface area (Å²) in [5, 5.41) is 4.64. The summed E-state index contributed by atoms with van der Waals surface area (Å²) < 4.78 is 26.6. The van der Waals surface area contributed by atoms with Crippen molar-refractivity contribution in [1.82, 2.24) is 9.62 Å². The molecule has 1 amide bonds. The summed E-state index contributed by atoms with van der Waals surface area (Å²) in [7, 11) is -3.51. The Morgan fingerprint density at radius 2 is 2.16 bits per heavy atom. The molecule has 1 saturated carbocycles. The number of nitrogens with one attached hydrogen (secondary N) is 1. The van der Waals surface area contributed by atoms with E-state index in [1.54, 1.807) is 17.5 Å². The van der Waals surface area contributed by atoms with Gasteiger partial charge in [0, 0.05) is 12.6 Å². The van der Waals surface area contributed by atoms with Crippen LogP contribution in [0.3, 0.4) is 0 Å². The Morgan fingerprint density at radius 1 is 1.37 bits per heavy atom. The fourth-order valence-electron chi connectivity index (χ4n) is 2.34. The minimum absolute atomic E-state index is 0.139. The van der Waals surface area contributed by atoms with Crippen molar-refractivity contribution in [1.29, 1.82) is 0 Å². The van der Waals surface area contributed by atoms with Gasteiger partial charge in [0.05, 0.1) is 0 Å². The molecule has 3 rings (SSSR count). The molecule has 5 nitrogen and oxygen atoms in total. The van der Waals surface area contributed by atoms with Crippen molar-refractivity contribution in [3.05, 3.63) is 17.5 Å². The largest absolute Gasteiger partial charge is 0.352 e. The Labute approximate surface area is 116 Å². The zero-order chi connectivity index (χ0) is 13.5. The molecule has 19 heavy (non-hydrogen) atoms. The smallest absolute Gasteiger partial charge is 0.253 e. The molecule has 1 atom stereocenters. The third-order valence-electron chi connectivity index (χ3n) is 3.49. The number of sulfonamides is 1. The molecule has 7 heteroatoms. The quantitative estimate of drug-likeness (QED) is 0.908. The normalized spacial score (nSPS) is 24.5. The summed E-state index contributed by atoms with van der Waals surface area (Å²) in [5.41, 5.74) is 0. The Hall–Kier alpha value is -0.920. The second kappa shape index (κ2) is 4.88. The van der Waals surface area contributed by atoms with Crippen LogP contribution < -0.4 is 5.32 Å². The number of carbonyl (C=O) groups excluding carboxylic acids is 1. The van der Waals surface area contributed by atoms with Gasteiger partial charge in [0.15, 0.2) is 0 Å². The molecule has 2 fully saturated rings. The minimum atomic E-state index is -3.51. The van der Waals surface area contributed by atoms with Crippen LogP contribution in [0.4, 0.5) is 0 Å². The van der Waals surface area contributed by atoms with Gasteiger partial charge in [0.2, 0.25) is 5.91 Å². The van der Waals surface area contributed by atoms with Gasteiger partial charge < -0.3 is 5.32 Å². The monoisotopic (exact) mass is 300 g/mol. The SMILES string of the molecule is O=C(NC1CC1)C1CCCN1S(=O)(=O)c1cccs1. The van der Waals surface area contributed by atoms with Crippen molar-refractivity contribution in [2.45, 2.75) is 42.0 Å². The highest BCUT2D eigenvalue weighted by Crippen LogP contribution is 2.29. The lowest BCUT2D eigenvalue weighted by atomic mass is 10.2. The van der Waals surface area contributed by atoms with Crippen LogP contribution in [0, 0.1) is 0 Å². The summed E-state index contributed by atoms with van der Waals surface area (Å²) in [6.45, 7) is 0.434. The van der Waals surface area contributed by atoms with Crippen molar-refractivity contribution >= 4 is 27.3 Å². The van der Waals surface area contributed by atoms with E-state index in [1.165, 1.54) is 15.6 Å². The molecule has 104 valence electrons. The van der Waals surface area contributed by atoms with Crippen LogP contribution in [-0.4, -0.2) is 37.3 Å². The molecular weight excluding hydrogens is 284 g/mol. The summed E-state index contributed by atoms with van der Waals surface area (Å²) in [6.07, 6.45) is 3.38. The highest BCUT2D eigenvalue weighted by Gasteiger charge is 2.41. The molecular formula is C12H16N2O3S2. The van der Waals surface area contributed by atoms with E-state index >= 15 is 0 Å². The van der Waals surface area contributed by atoms with Gasteiger partial charge in [-0.1, -0.05) is 6.07 Å². The average molecular weight is 300 g/mol. The standard InChI is InChI=1S/C12H16N2O3S2/c15-12(13-9-5-6-9)10-3-1-7-14(10)19(16,17)11-4-2-8-18-11/h2,4,8-10H,1,3,5-7H2,(H,13,15). The van der Waals surface area contributed by atoms with Crippen LogP contribution in [0.5, 0.6) is 0 Å². The van der Waals surface area contributed by atoms with Crippen molar-refractivity contribution in [2.24, 2.45) is 0 Å². The predicted octanol–water partition coefficient (Wildman–Crippen LogP) is 1.18. The summed E-state index contributed by atoms with van der Waals surface area (Å²) in [6, 6.07) is 3.04. The van der Waals surface area contributed by atoms with Gasteiger partial charge >= 0.3 is 0 Å². The second-order valence-electron chi connectivity index (χ2n) is 4.99. The molecule has 1 aliphatic heterocycles. The molecule has 1 aromatic heterocycles. The van der Waals surface area contributed by atoms with Crippen LogP contribution >= 0.6 is 11.3 Å². The van der Waals surface area contributed by atoms with Gasteiger partial charge in [-0.2, -0.15) is 4.31 Å². The van der Waals surface area contributed by atoms with Crippen LogP contribution in [0.15, 0.2) is 21.7 Å². The number of amides is 1. The summed E-state index contributed by atoms with van der Waals surface area (Å²) in [5.74, 6) is -0.139. The Morgan fingerprint density at radius 3 is 2.79 bits per heavy atom. The molecule has 0 spiro atoms. The van der Waals surface area contributed by atoms with Crippen molar-refractivity contribution < 1.29 is 13.2 Å². The third kappa shape index (κ3) is 2.54. The molecule has 2 aliphatic rings. The van der Waals surface area contributed by atoms with Gasteiger partial charge in [-0.05, 0) is 37.1 Å². The molecule has 0 aromatic carbocycles. The maximum Gasteiger partial charge on any atom is 0.253 e.